The molecule has 0 aromatic heterocycles. The average molecular weight is 225 g/mol. The number of hydrogen-bond donors (Lipinski definition) is 5. The van der Waals surface area contributed by atoms with E-state index in [1.807, 2.05) is 0 Å². The zero-order chi connectivity index (χ0) is 12.0. The fourth-order valence-corrected chi connectivity index (χ4v) is 0.749. The molecular weight excluding hydrogens is 206 g/mol. The minimum absolute atomic E-state index is 0.0833. The number of nitrogens with one attached hydrogen (secondary N) is 1. The van der Waals surface area contributed by atoms with Gasteiger partial charge >= 0.3 is 5.97 Å². The van der Waals surface area contributed by atoms with Crippen molar-refractivity contribution in [1.82, 2.24) is 5.32 Å². The second-order valence-corrected chi connectivity index (χ2v) is 4.11. The molecule has 0 radical (unpaired) electrons. The van der Waals surface area contributed by atoms with E-state index < -0.39 is 17.4 Å². The van der Waals surface area contributed by atoms with Gasteiger partial charge in [0.15, 0.2) is 0 Å². The first-order valence-corrected chi connectivity index (χ1v) is 4.68. The van der Waals surface area contributed by atoms with Crippen LogP contribution in [-0.4, -0.2) is 38.5 Å². The summed E-state index contributed by atoms with van der Waals surface area (Å²) in [6.45, 7) is 6.30. The molecule has 14 heavy (non-hydrogen) atoms. The van der Waals surface area contributed by atoms with Crippen LogP contribution in [0.15, 0.2) is 0 Å². The summed E-state index contributed by atoms with van der Waals surface area (Å²) in [5.74, 6) is -0.965. The highest BCUT2D eigenvalue weighted by Crippen LogP contribution is 2.03. The highest BCUT2D eigenvalue weighted by atomic mass is 32.1. The van der Waals surface area contributed by atoms with Crippen LogP contribution in [0.3, 0.4) is 0 Å². The van der Waals surface area contributed by atoms with Crippen LogP contribution in [-0.2, 0) is 4.79 Å². The lowest BCUT2D eigenvalue weighted by Crippen LogP contribution is -2.51. The molecule has 0 rings (SSSR count). The Labute approximate surface area is 89.5 Å². The molecule has 0 bridgehead atoms. The van der Waals surface area contributed by atoms with E-state index in [0.29, 0.717) is 0 Å². The number of aliphatic hydroxyl groups is 2. The lowest BCUT2D eigenvalue weighted by atomic mass is 10.2. The summed E-state index contributed by atoms with van der Waals surface area (Å²) in [6, 6.07) is 0. The Kier molecular flexibility index (Phi) is 7.19. The van der Waals surface area contributed by atoms with Crippen LogP contribution in [0, 0.1) is 0 Å². The van der Waals surface area contributed by atoms with Crippen molar-refractivity contribution in [2.45, 2.75) is 39.1 Å². The molecule has 0 aliphatic rings. The molecule has 0 heterocycles. The molecule has 0 saturated heterocycles. The highest BCUT2D eigenvalue weighted by molar-refractivity contribution is 7.81. The van der Waals surface area contributed by atoms with Crippen LogP contribution >= 0.6 is 12.6 Å². The van der Waals surface area contributed by atoms with E-state index >= 15 is 0 Å². The van der Waals surface area contributed by atoms with E-state index in [0.717, 1.165) is 0 Å². The Morgan fingerprint density at radius 2 is 1.43 bits per heavy atom. The predicted molar refractivity (Wildman–Crippen MR) is 57.2 cm³/mol. The van der Waals surface area contributed by atoms with Gasteiger partial charge in [-0.25, -0.2) is 0 Å². The van der Waals surface area contributed by atoms with Crippen molar-refractivity contribution in [3.05, 3.63) is 0 Å². The van der Waals surface area contributed by atoms with Crippen molar-refractivity contribution in [2.75, 3.05) is 5.75 Å². The van der Waals surface area contributed by atoms with Gasteiger partial charge in [0.25, 0.3) is 0 Å². The molecular formula is C8H19NO4S. The third kappa shape index (κ3) is 22.6. The lowest BCUT2D eigenvalue weighted by Gasteiger charge is -2.28. The SMILES string of the molecule is CC(C)(O)NC(C)(C)O.O=C(O)CS. The van der Waals surface area contributed by atoms with E-state index in [-0.39, 0.29) is 5.75 Å². The van der Waals surface area contributed by atoms with Crippen LogP contribution in [0.2, 0.25) is 0 Å². The maximum atomic E-state index is 9.29. The summed E-state index contributed by atoms with van der Waals surface area (Å²) in [5, 5.41) is 28.4. The summed E-state index contributed by atoms with van der Waals surface area (Å²) < 4.78 is 0. The maximum Gasteiger partial charge on any atom is 0.313 e. The van der Waals surface area contributed by atoms with E-state index in [4.69, 9.17) is 15.3 Å². The fraction of sp³-hybridized carbons (Fsp3) is 0.875. The molecule has 0 aliphatic heterocycles. The fourth-order valence-electron chi connectivity index (χ4n) is 0.749. The Morgan fingerprint density at radius 1 is 1.21 bits per heavy atom. The summed E-state index contributed by atoms with van der Waals surface area (Å²) in [6.07, 6.45) is 0. The first-order valence-electron chi connectivity index (χ1n) is 4.04. The summed E-state index contributed by atoms with van der Waals surface area (Å²) in [4.78, 5) is 9.29. The van der Waals surface area contributed by atoms with E-state index in [1.54, 1.807) is 27.7 Å². The monoisotopic (exact) mass is 225 g/mol. The zero-order valence-corrected chi connectivity index (χ0v) is 9.80. The molecule has 4 N–H and O–H groups in total. The normalized spacial score (nSPS) is 11.6. The van der Waals surface area contributed by atoms with Gasteiger partial charge in [0.05, 0.1) is 5.75 Å². The van der Waals surface area contributed by atoms with Crippen molar-refractivity contribution in [2.24, 2.45) is 0 Å². The van der Waals surface area contributed by atoms with Crippen molar-refractivity contribution >= 4 is 18.6 Å². The molecule has 0 spiro atoms. The topological polar surface area (TPSA) is 89.8 Å². The minimum atomic E-state index is -1.02. The first-order chi connectivity index (χ1) is 5.98. The number of carbonyl (C=O) groups is 1. The smallest absolute Gasteiger partial charge is 0.313 e. The molecule has 0 aromatic rings. The Bertz CT molecular complexity index is 159. The van der Waals surface area contributed by atoms with Gasteiger partial charge in [0, 0.05) is 0 Å². The zero-order valence-electron chi connectivity index (χ0n) is 8.90. The van der Waals surface area contributed by atoms with Crippen LogP contribution in [0.5, 0.6) is 0 Å². The van der Waals surface area contributed by atoms with E-state index in [9.17, 15) is 4.79 Å². The molecule has 5 nitrogen and oxygen atoms in total. The molecule has 0 unspecified atom stereocenters. The molecule has 6 heteroatoms. The van der Waals surface area contributed by atoms with Gasteiger partial charge in [0.2, 0.25) is 0 Å². The van der Waals surface area contributed by atoms with Gasteiger partial charge in [-0.3, -0.25) is 10.1 Å². The maximum absolute atomic E-state index is 9.29. The third-order valence-corrected chi connectivity index (χ3v) is 1.02. The summed E-state index contributed by atoms with van der Waals surface area (Å²) in [5.41, 5.74) is -2.03. The van der Waals surface area contributed by atoms with E-state index in [2.05, 4.69) is 17.9 Å². The van der Waals surface area contributed by atoms with Gasteiger partial charge in [-0.2, -0.15) is 12.6 Å². The average Bonchev–Trinajstić information content (AvgIpc) is 1.80. The predicted octanol–water partition coefficient (Wildman–Crippen LogP) is 0.0336. The number of hydrogen-bond acceptors (Lipinski definition) is 5. The van der Waals surface area contributed by atoms with Gasteiger partial charge in [-0.05, 0) is 27.7 Å². The third-order valence-electron chi connectivity index (χ3n) is 0.747. The molecule has 0 aromatic carbocycles. The second-order valence-electron chi connectivity index (χ2n) is 3.79. The largest absolute Gasteiger partial charge is 0.481 e. The van der Waals surface area contributed by atoms with Crippen LogP contribution in [0.4, 0.5) is 0 Å². The standard InChI is InChI=1S/C6H15NO2.C2H4O2S/c1-5(2,8)7-6(3,4)9;3-2(4)1-5/h7-9H,1-4H3;5H,1H2,(H,3,4). The molecule has 0 fully saturated rings. The number of thiol groups is 1. The summed E-state index contributed by atoms with van der Waals surface area (Å²) >= 11 is 3.42. The quantitative estimate of drug-likeness (QED) is 0.345. The van der Waals surface area contributed by atoms with Gasteiger partial charge in [-0.1, -0.05) is 0 Å². The molecule has 86 valence electrons. The first kappa shape index (κ1) is 16.1. The lowest BCUT2D eigenvalue weighted by molar-refractivity contribution is -0.133. The Hall–Kier alpha value is -0.300. The minimum Gasteiger partial charge on any atom is -0.481 e. The molecule has 0 aliphatic carbocycles. The van der Waals surface area contributed by atoms with Crippen LogP contribution in [0.1, 0.15) is 27.7 Å². The highest BCUT2D eigenvalue weighted by Gasteiger charge is 2.21. The number of rotatable bonds is 3. The summed E-state index contributed by atoms with van der Waals surface area (Å²) in [7, 11) is 0. The number of aliphatic carboxylic acids is 1. The number of carboxylic acid groups (broad SMARTS) is 1. The Morgan fingerprint density at radius 3 is 1.43 bits per heavy atom. The molecule has 0 amide bonds. The van der Waals surface area contributed by atoms with Crippen molar-refractivity contribution in [3.8, 4) is 0 Å². The second kappa shape index (κ2) is 6.23. The Balaban J connectivity index is 0. The van der Waals surface area contributed by atoms with Crippen LogP contribution < -0.4 is 5.32 Å². The van der Waals surface area contributed by atoms with Crippen molar-refractivity contribution in [1.29, 1.82) is 0 Å². The van der Waals surface area contributed by atoms with Crippen LogP contribution in [0.25, 0.3) is 0 Å². The van der Waals surface area contributed by atoms with Gasteiger partial charge in [-0.15, -0.1) is 0 Å². The van der Waals surface area contributed by atoms with E-state index in [1.165, 1.54) is 0 Å². The molecule has 0 saturated carbocycles. The van der Waals surface area contributed by atoms with Gasteiger partial charge < -0.3 is 15.3 Å². The van der Waals surface area contributed by atoms with Gasteiger partial charge in [0.1, 0.15) is 11.4 Å². The molecule has 0 atom stereocenters. The van der Waals surface area contributed by atoms with Crippen molar-refractivity contribution in [3.63, 3.8) is 0 Å². The van der Waals surface area contributed by atoms with Crippen molar-refractivity contribution < 1.29 is 20.1 Å². The number of carboxylic acids is 1.